The molecule has 0 radical (unpaired) electrons. The number of carbonyl (C=O) groups excluding carboxylic acids is 1. The van der Waals surface area contributed by atoms with Gasteiger partial charge in [0.25, 0.3) is 10.0 Å². The van der Waals surface area contributed by atoms with Crippen molar-refractivity contribution in [1.82, 2.24) is 18.8 Å². The number of hydrogen-bond donors (Lipinski definition) is 1. The van der Waals surface area contributed by atoms with E-state index in [1.54, 1.807) is 35.2 Å². The molecule has 0 saturated carbocycles. The van der Waals surface area contributed by atoms with Gasteiger partial charge in [-0.15, -0.1) is 0 Å². The number of likely N-dealkylation sites (tertiary alicyclic amines) is 1. The van der Waals surface area contributed by atoms with Gasteiger partial charge in [-0.25, -0.2) is 17.2 Å². The number of piperidine rings is 1. The van der Waals surface area contributed by atoms with Crippen molar-refractivity contribution >= 4 is 38.9 Å². The highest BCUT2D eigenvalue weighted by atomic mass is 32.2. The quantitative estimate of drug-likeness (QED) is 0.560. The second-order valence-corrected chi connectivity index (χ2v) is 12.3. The molecule has 11 heteroatoms. The maximum absolute atomic E-state index is 13.4. The van der Waals surface area contributed by atoms with Crippen LogP contribution in [0.25, 0.3) is 11.0 Å². The number of fused-ring (bicyclic) bond motifs is 1. The minimum atomic E-state index is -3.89. The first-order valence-corrected chi connectivity index (χ1v) is 13.4. The Hall–Kier alpha value is -3.34. The lowest BCUT2D eigenvalue weighted by Gasteiger charge is -2.42. The number of nitrogen functional groups attached to an aromatic ring is 1. The molecule has 2 unspecified atom stereocenters. The minimum Gasteiger partial charge on any atom is -0.444 e. The van der Waals surface area contributed by atoms with Crippen LogP contribution in [0.1, 0.15) is 39.7 Å². The number of nitrogens with two attached hydrogens (primary N) is 1. The lowest BCUT2D eigenvalue weighted by molar-refractivity contribution is 0.0165. The van der Waals surface area contributed by atoms with E-state index in [-0.39, 0.29) is 34.5 Å². The van der Waals surface area contributed by atoms with Crippen LogP contribution in [-0.2, 0) is 14.8 Å². The number of anilines is 2. The SMILES string of the molecule is Cc1ccc(S(=O)(=O)n2ccc3c(N(C)C4CN(C(=O)OC(C)(C)C)CCC4C)nc(N)nc32)cc1. The number of aryl methyl sites for hydroxylation is 1. The van der Waals surface area contributed by atoms with E-state index in [1.807, 2.05) is 39.6 Å². The number of hydrogen-bond acceptors (Lipinski definition) is 8. The molecule has 1 aliphatic rings. The lowest BCUT2D eigenvalue weighted by Crippen LogP contribution is -2.53. The van der Waals surface area contributed by atoms with Gasteiger partial charge in [-0.3, -0.25) is 0 Å². The van der Waals surface area contributed by atoms with Crippen LogP contribution in [0.5, 0.6) is 0 Å². The van der Waals surface area contributed by atoms with E-state index in [2.05, 4.69) is 16.9 Å². The van der Waals surface area contributed by atoms with Gasteiger partial charge in [-0.2, -0.15) is 9.97 Å². The third-order valence-electron chi connectivity index (χ3n) is 6.49. The van der Waals surface area contributed by atoms with E-state index >= 15 is 0 Å². The zero-order valence-electron chi connectivity index (χ0n) is 21.6. The minimum absolute atomic E-state index is 0.0316. The number of ether oxygens (including phenoxy) is 1. The van der Waals surface area contributed by atoms with Crippen LogP contribution >= 0.6 is 0 Å². The molecule has 1 saturated heterocycles. The average Bonchev–Trinajstić information content (AvgIpc) is 3.22. The van der Waals surface area contributed by atoms with Gasteiger partial charge in [-0.05, 0) is 58.2 Å². The lowest BCUT2D eigenvalue weighted by atomic mass is 9.92. The summed E-state index contributed by atoms with van der Waals surface area (Å²) in [6.45, 7) is 10.6. The number of carbonyl (C=O) groups is 1. The Morgan fingerprint density at radius 3 is 2.47 bits per heavy atom. The first kappa shape index (κ1) is 25.7. The molecule has 4 rings (SSSR count). The maximum Gasteiger partial charge on any atom is 0.410 e. The predicted octanol–water partition coefficient (Wildman–Crippen LogP) is 3.64. The van der Waals surface area contributed by atoms with E-state index in [4.69, 9.17) is 10.5 Å². The summed E-state index contributed by atoms with van der Waals surface area (Å²) >= 11 is 0. The van der Waals surface area contributed by atoms with Gasteiger partial charge < -0.3 is 20.3 Å². The Kier molecular flexibility index (Phi) is 6.63. The molecule has 194 valence electrons. The first-order chi connectivity index (χ1) is 16.8. The zero-order valence-corrected chi connectivity index (χ0v) is 22.4. The highest BCUT2D eigenvalue weighted by molar-refractivity contribution is 7.90. The van der Waals surface area contributed by atoms with Gasteiger partial charge >= 0.3 is 6.09 Å². The van der Waals surface area contributed by atoms with E-state index in [9.17, 15) is 13.2 Å². The number of nitrogens with zero attached hydrogens (tertiary/aromatic N) is 5. The van der Waals surface area contributed by atoms with Crippen molar-refractivity contribution in [3.63, 3.8) is 0 Å². The Balaban J connectivity index is 1.70. The summed E-state index contributed by atoms with van der Waals surface area (Å²) < 4.78 is 33.5. The summed E-state index contributed by atoms with van der Waals surface area (Å²) in [5.41, 5.74) is 6.65. The maximum atomic E-state index is 13.4. The molecule has 1 aromatic carbocycles. The third kappa shape index (κ3) is 4.97. The summed E-state index contributed by atoms with van der Waals surface area (Å²) in [5, 5.41) is 0.559. The molecule has 2 atom stereocenters. The molecule has 3 aromatic rings. The molecule has 10 nitrogen and oxygen atoms in total. The van der Waals surface area contributed by atoms with Crippen molar-refractivity contribution in [2.75, 3.05) is 30.8 Å². The first-order valence-electron chi connectivity index (χ1n) is 12.0. The van der Waals surface area contributed by atoms with Crippen LogP contribution in [0.2, 0.25) is 0 Å². The predicted molar refractivity (Wildman–Crippen MR) is 139 cm³/mol. The molecule has 0 aliphatic carbocycles. The Labute approximate surface area is 212 Å². The highest BCUT2D eigenvalue weighted by Crippen LogP contribution is 2.32. The zero-order chi connectivity index (χ0) is 26.4. The molecule has 1 amide bonds. The van der Waals surface area contributed by atoms with Crippen molar-refractivity contribution in [3.05, 3.63) is 42.1 Å². The second kappa shape index (κ2) is 9.27. The summed E-state index contributed by atoms with van der Waals surface area (Å²) in [5.74, 6) is 0.729. The Morgan fingerprint density at radius 2 is 1.83 bits per heavy atom. The van der Waals surface area contributed by atoms with E-state index in [1.165, 1.54) is 6.20 Å². The second-order valence-electron chi connectivity index (χ2n) is 10.4. The van der Waals surface area contributed by atoms with Crippen molar-refractivity contribution in [2.45, 2.75) is 57.6 Å². The highest BCUT2D eigenvalue weighted by Gasteiger charge is 2.35. The molecule has 3 heterocycles. The van der Waals surface area contributed by atoms with Gasteiger partial charge in [-0.1, -0.05) is 24.6 Å². The average molecular weight is 515 g/mol. The standard InChI is InChI=1S/C25H34N6O4S/c1-16-7-9-18(10-8-16)36(33,34)31-14-12-19-21(27-23(26)28-22(19)31)29(6)20-15-30(13-11-17(20)2)24(32)35-25(3,4)5/h7-10,12,14,17,20H,11,13,15H2,1-6H3,(H2,26,27,28). The number of likely N-dealkylation sites (N-methyl/N-ethyl adjacent to an activating group) is 1. The van der Waals surface area contributed by atoms with Crippen LogP contribution < -0.4 is 10.6 Å². The van der Waals surface area contributed by atoms with E-state index in [0.29, 0.717) is 24.3 Å². The van der Waals surface area contributed by atoms with Crippen LogP contribution in [0.15, 0.2) is 41.4 Å². The molecule has 1 aliphatic heterocycles. The summed E-state index contributed by atoms with van der Waals surface area (Å²) in [6, 6.07) is 8.25. The van der Waals surface area contributed by atoms with Crippen LogP contribution in [-0.4, -0.2) is 65.1 Å². The van der Waals surface area contributed by atoms with Crippen LogP contribution in [0, 0.1) is 12.8 Å². The Morgan fingerprint density at radius 1 is 1.17 bits per heavy atom. The number of amides is 1. The Bertz CT molecular complexity index is 1380. The molecule has 0 bridgehead atoms. The fraction of sp³-hybridized carbons (Fsp3) is 0.480. The van der Waals surface area contributed by atoms with Gasteiger partial charge in [0.2, 0.25) is 5.95 Å². The largest absolute Gasteiger partial charge is 0.444 e. The fourth-order valence-corrected chi connectivity index (χ4v) is 5.78. The molecule has 0 spiro atoms. The normalized spacial score (nSPS) is 18.9. The van der Waals surface area contributed by atoms with Gasteiger partial charge in [0.05, 0.1) is 16.3 Å². The van der Waals surface area contributed by atoms with Crippen molar-refractivity contribution in [1.29, 1.82) is 0 Å². The molecule has 36 heavy (non-hydrogen) atoms. The summed E-state index contributed by atoms with van der Waals surface area (Å²) in [7, 11) is -2.01. The molecular weight excluding hydrogens is 480 g/mol. The molecule has 2 N–H and O–H groups in total. The molecule has 1 fully saturated rings. The van der Waals surface area contributed by atoms with Crippen LogP contribution in [0.4, 0.5) is 16.6 Å². The van der Waals surface area contributed by atoms with E-state index in [0.717, 1.165) is 16.0 Å². The summed E-state index contributed by atoms with van der Waals surface area (Å²) in [4.78, 5) is 25.3. The van der Waals surface area contributed by atoms with Gasteiger partial charge in [0.1, 0.15) is 11.4 Å². The summed E-state index contributed by atoms with van der Waals surface area (Å²) in [6.07, 6.45) is 1.92. The third-order valence-corrected chi connectivity index (χ3v) is 8.17. The molecular formula is C25H34N6O4S. The number of rotatable bonds is 4. The van der Waals surface area contributed by atoms with Gasteiger partial charge in [0.15, 0.2) is 5.65 Å². The monoisotopic (exact) mass is 514 g/mol. The number of benzene rings is 1. The number of aromatic nitrogens is 3. The van der Waals surface area contributed by atoms with E-state index < -0.39 is 15.6 Å². The molecule has 2 aromatic heterocycles. The van der Waals surface area contributed by atoms with Crippen molar-refractivity contribution in [3.8, 4) is 0 Å². The van der Waals surface area contributed by atoms with Crippen molar-refractivity contribution < 1.29 is 17.9 Å². The van der Waals surface area contributed by atoms with Gasteiger partial charge in [0, 0.05) is 26.3 Å². The van der Waals surface area contributed by atoms with Crippen LogP contribution in [0.3, 0.4) is 0 Å². The van der Waals surface area contributed by atoms with Crippen molar-refractivity contribution in [2.24, 2.45) is 5.92 Å². The fourth-order valence-electron chi connectivity index (χ4n) is 4.48. The smallest absolute Gasteiger partial charge is 0.410 e. The topological polar surface area (TPSA) is 124 Å².